The third-order valence-corrected chi connectivity index (χ3v) is 5.63. The first-order valence-electron chi connectivity index (χ1n) is 7.06. The van der Waals surface area contributed by atoms with E-state index in [4.69, 9.17) is 5.11 Å². The Bertz CT molecular complexity index is 499. The van der Waals surface area contributed by atoms with Crippen molar-refractivity contribution < 1.29 is 23.1 Å². The van der Waals surface area contributed by atoms with Crippen LogP contribution in [0.15, 0.2) is 0 Å². The zero-order chi connectivity index (χ0) is 15.5. The Morgan fingerprint density at radius 1 is 1.19 bits per heavy atom. The van der Waals surface area contributed by atoms with E-state index in [1.165, 1.54) is 0 Å². The van der Waals surface area contributed by atoms with Crippen LogP contribution in [0.5, 0.6) is 0 Å². The number of carbonyl (C=O) groups excluding carboxylic acids is 1. The SMILES string of the molecule is O=C(O)CN1CCN(C(=O)NC2CCCS(=O)(=O)C2)CC1. The van der Waals surface area contributed by atoms with E-state index in [1.54, 1.807) is 9.80 Å². The number of piperazine rings is 1. The molecule has 21 heavy (non-hydrogen) atoms. The summed E-state index contributed by atoms with van der Waals surface area (Å²) in [7, 11) is -3.04. The highest BCUT2D eigenvalue weighted by Gasteiger charge is 2.28. The highest BCUT2D eigenvalue weighted by Crippen LogP contribution is 2.12. The minimum Gasteiger partial charge on any atom is -0.480 e. The number of nitrogens with zero attached hydrogens (tertiary/aromatic N) is 2. The lowest BCUT2D eigenvalue weighted by molar-refractivity contribution is -0.138. The van der Waals surface area contributed by atoms with Crippen LogP contribution in [0.3, 0.4) is 0 Å². The van der Waals surface area contributed by atoms with Crippen LogP contribution in [-0.4, -0.2) is 85.6 Å². The van der Waals surface area contributed by atoms with Crippen molar-refractivity contribution in [2.45, 2.75) is 18.9 Å². The Balaban J connectivity index is 1.78. The van der Waals surface area contributed by atoms with Gasteiger partial charge in [-0.1, -0.05) is 0 Å². The Hall–Kier alpha value is -1.35. The van der Waals surface area contributed by atoms with Crippen molar-refractivity contribution >= 4 is 21.8 Å². The van der Waals surface area contributed by atoms with Gasteiger partial charge >= 0.3 is 12.0 Å². The average molecular weight is 319 g/mol. The summed E-state index contributed by atoms with van der Waals surface area (Å²) in [6.45, 7) is 1.93. The molecule has 2 N–H and O–H groups in total. The van der Waals surface area contributed by atoms with Gasteiger partial charge in [-0.05, 0) is 12.8 Å². The van der Waals surface area contributed by atoms with Crippen molar-refractivity contribution in [2.75, 3.05) is 44.2 Å². The molecule has 0 radical (unpaired) electrons. The Kier molecular flexibility index (Phi) is 5.04. The summed E-state index contributed by atoms with van der Waals surface area (Å²) in [6.07, 6.45) is 1.27. The first kappa shape index (κ1) is 16.0. The Morgan fingerprint density at radius 2 is 1.86 bits per heavy atom. The number of sulfone groups is 1. The van der Waals surface area contributed by atoms with Crippen molar-refractivity contribution in [2.24, 2.45) is 0 Å². The van der Waals surface area contributed by atoms with Crippen molar-refractivity contribution in [3.8, 4) is 0 Å². The molecule has 0 aromatic rings. The maximum absolute atomic E-state index is 12.1. The molecular formula is C12H21N3O5S. The van der Waals surface area contributed by atoms with Gasteiger partial charge in [0.15, 0.2) is 9.84 Å². The smallest absolute Gasteiger partial charge is 0.317 e. The van der Waals surface area contributed by atoms with Gasteiger partial charge < -0.3 is 15.3 Å². The quantitative estimate of drug-likeness (QED) is 0.689. The van der Waals surface area contributed by atoms with E-state index >= 15 is 0 Å². The van der Waals surface area contributed by atoms with Crippen LogP contribution in [-0.2, 0) is 14.6 Å². The third-order valence-electron chi connectivity index (χ3n) is 3.81. The van der Waals surface area contributed by atoms with E-state index in [0.29, 0.717) is 39.0 Å². The fourth-order valence-corrected chi connectivity index (χ4v) is 4.34. The molecule has 2 saturated heterocycles. The molecular weight excluding hydrogens is 298 g/mol. The van der Waals surface area contributed by atoms with Gasteiger partial charge in [0.1, 0.15) is 0 Å². The molecule has 9 heteroatoms. The van der Waals surface area contributed by atoms with Crippen LogP contribution in [0.1, 0.15) is 12.8 Å². The largest absolute Gasteiger partial charge is 0.480 e. The predicted octanol–water partition coefficient (Wildman–Crippen LogP) is -1.02. The number of aliphatic carboxylic acids is 1. The maximum atomic E-state index is 12.1. The number of rotatable bonds is 3. The van der Waals surface area contributed by atoms with E-state index in [9.17, 15) is 18.0 Å². The third kappa shape index (κ3) is 4.85. The number of amides is 2. The highest BCUT2D eigenvalue weighted by molar-refractivity contribution is 7.91. The lowest BCUT2D eigenvalue weighted by Gasteiger charge is -2.35. The number of carbonyl (C=O) groups is 2. The first-order chi connectivity index (χ1) is 9.85. The van der Waals surface area contributed by atoms with Gasteiger partial charge in [-0.2, -0.15) is 0 Å². The molecule has 1 atom stereocenters. The number of urea groups is 1. The lowest BCUT2D eigenvalue weighted by atomic mass is 10.2. The van der Waals surface area contributed by atoms with E-state index in [2.05, 4.69) is 5.32 Å². The van der Waals surface area contributed by atoms with Crippen molar-refractivity contribution in [1.29, 1.82) is 0 Å². The molecule has 8 nitrogen and oxygen atoms in total. The van der Waals surface area contributed by atoms with E-state index in [0.717, 1.165) is 0 Å². The standard InChI is InChI=1S/C12H21N3O5S/c16-11(17)8-14-3-5-15(6-4-14)12(18)13-10-2-1-7-21(19,20)9-10/h10H,1-9H2,(H,13,18)(H,16,17). The second kappa shape index (κ2) is 6.61. The summed E-state index contributed by atoms with van der Waals surface area (Å²) in [5, 5.41) is 11.5. The van der Waals surface area contributed by atoms with Gasteiger partial charge in [0.05, 0.1) is 18.1 Å². The van der Waals surface area contributed by atoms with E-state index in [-0.39, 0.29) is 30.1 Å². The molecule has 2 amide bonds. The molecule has 0 saturated carbocycles. The van der Waals surface area contributed by atoms with Crippen LogP contribution >= 0.6 is 0 Å². The number of hydrogen-bond acceptors (Lipinski definition) is 5. The fourth-order valence-electron chi connectivity index (χ4n) is 2.70. The van der Waals surface area contributed by atoms with Crippen LogP contribution in [0.2, 0.25) is 0 Å². The molecule has 1 unspecified atom stereocenters. The topological polar surface area (TPSA) is 107 Å². The number of carboxylic acids is 1. The summed E-state index contributed by atoms with van der Waals surface area (Å²) in [6, 6.07) is -0.569. The minimum absolute atomic E-state index is 0.0116. The van der Waals surface area contributed by atoms with Crippen LogP contribution in [0.4, 0.5) is 4.79 Å². The molecule has 0 bridgehead atoms. The average Bonchev–Trinajstić information content (AvgIpc) is 2.37. The maximum Gasteiger partial charge on any atom is 0.317 e. The molecule has 0 aliphatic carbocycles. The number of nitrogens with one attached hydrogen (secondary N) is 1. The normalized spacial score (nSPS) is 26.3. The molecule has 2 rings (SSSR count). The molecule has 0 spiro atoms. The molecule has 2 heterocycles. The summed E-state index contributed by atoms with van der Waals surface area (Å²) in [5.74, 6) is -0.661. The summed E-state index contributed by atoms with van der Waals surface area (Å²) < 4.78 is 23.1. The molecule has 2 fully saturated rings. The second-order valence-electron chi connectivity index (χ2n) is 5.56. The number of hydrogen-bond donors (Lipinski definition) is 2. The molecule has 120 valence electrons. The summed E-state index contributed by atoms with van der Waals surface area (Å²) >= 11 is 0. The zero-order valence-electron chi connectivity index (χ0n) is 11.8. The highest BCUT2D eigenvalue weighted by atomic mass is 32.2. The van der Waals surface area contributed by atoms with E-state index in [1.807, 2.05) is 0 Å². The molecule has 0 aromatic heterocycles. The van der Waals surface area contributed by atoms with Crippen molar-refractivity contribution in [3.63, 3.8) is 0 Å². The fraction of sp³-hybridized carbons (Fsp3) is 0.833. The van der Waals surface area contributed by atoms with Gasteiger partial charge in [-0.25, -0.2) is 13.2 Å². The monoisotopic (exact) mass is 319 g/mol. The van der Waals surface area contributed by atoms with Crippen molar-refractivity contribution in [1.82, 2.24) is 15.1 Å². The van der Waals surface area contributed by atoms with Gasteiger partial charge in [0.2, 0.25) is 0 Å². The van der Waals surface area contributed by atoms with Crippen LogP contribution in [0, 0.1) is 0 Å². The van der Waals surface area contributed by atoms with Gasteiger partial charge in [-0.3, -0.25) is 9.69 Å². The Morgan fingerprint density at radius 3 is 2.43 bits per heavy atom. The summed E-state index contributed by atoms with van der Waals surface area (Å²) in [5.41, 5.74) is 0. The van der Waals surface area contributed by atoms with Crippen LogP contribution in [0.25, 0.3) is 0 Å². The Labute approximate surface area is 124 Å². The van der Waals surface area contributed by atoms with E-state index < -0.39 is 15.8 Å². The van der Waals surface area contributed by atoms with Gasteiger partial charge in [-0.15, -0.1) is 0 Å². The molecule has 2 aliphatic heterocycles. The lowest BCUT2D eigenvalue weighted by Crippen LogP contribution is -2.55. The minimum atomic E-state index is -3.04. The van der Waals surface area contributed by atoms with Gasteiger partial charge in [0.25, 0.3) is 0 Å². The van der Waals surface area contributed by atoms with Crippen LogP contribution < -0.4 is 5.32 Å². The molecule has 2 aliphatic rings. The summed E-state index contributed by atoms with van der Waals surface area (Å²) in [4.78, 5) is 26.1. The number of carboxylic acid groups (broad SMARTS) is 1. The first-order valence-corrected chi connectivity index (χ1v) is 8.88. The predicted molar refractivity (Wildman–Crippen MR) is 75.9 cm³/mol. The molecule has 0 aromatic carbocycles. The van der Waals surface area contributed by atoms with Gasteiger partial charge in [0, 0.05) is 32.2 Å². The van der Waals surface area contributed by atoms with Crippen molar-refractivity contribution in [3.05, 3.63) is 0 Å². The second-order valence-corrected chi connectivity index (χ2v) is 7.79. The zero-order valence-corrected chi connectivity index (χ0v) is 12.6.